The van der Waals surface area contributed by atoms with Crippen LogP contribution >= 0.6 is 0 Å². The van der Waals surface area contributed by atoms with Gasteiger partial charge in [0.2, 0.25) is 0 Å². The molecule has 0 radical (unpaired) electrons. The van der Waals surface area contributed by atoms with Gasteiger partial charge in [0.25, 0.3) is 0 Å². The molecule has 0 amide bonds. The van der Waals surface area contributed by atoms with Crippen LogP contribution in [-0.2, 0) is 6.42 Å². The molecule has 0 atom stereocenters. The number of benzene rings is 2. The monoisotopic (exact) mass is 279 g/mol. The van der Waals surface area contributed by atoms with Gasteiger partial charge in [0, 0.05) is 5.56 Å². The first-order chi connectivity index (χ1) is 10.2. The normalized spacial score (nSPS) is 11.5. The van der Waals surface area contributed by atoms with Crippen LogP contribution in [0.4, 0.5) is 0 Å². The van der Waals surface area contributed by atoms with E-state index in [9.17, 15) is 5.11 Å². The van der Waals surface area contributed by atoms with Crippen molar-refractivity contribution in [3.05, 3.63) is 59.7 Å². The van der Waals surface area contributed by atoms with E-state index < -0.39 is 0 Å². The number of aromatic hydroxyl groups is 1. The fraction of sp³-hybridized carbons (Fsp3) is 0.176. The van der Waals surface area contributed by atoms with Crippen LogP contribution < -0.4 is 0 Å². The molecule has 0 bridgehead atoms. The molecule has 106 valence electrons. The number of fused-ring (bicyclic) bond motifs is 1. The summed E-state index contributed by atoms with van der Waals surface area (Å²) >= 11 is 0. The Morgan fingerprint density at radius 2 is 1.81 bits per heavy atom. The number of nitrogens with zero attached hydrogens (tertiary/aromatic N) is 3. The maximum Gasteiger partial charge on any atom is 0.146 e. The predicted octanol–water partition coefficient (Wildman–Crippen LogP) is 3.55. The van der Waals surface area contributed by atoms with E-state index in [2.05, 4.69) is 10.2 Å². The quantitative estimate of drug-likeness (QED) is 0.746. The molecule has 0 fully saturated rings. The van der Waals surface area contributed by atoms with E-state index in [1.54, 1.807) is 0 Å². The number of hydrogen-bond acceptors (Lipinski definition) is 3. The minimum absolute atomic E-state index is 0.235. The molecule has 0 aliphatic rings. The first-order valence-corrected chi connectivity index (χ1v) is 6.95. The zero-order chi connectivity index (χ0) is 14.8. The highest BCUT2D eigenvalue weighted by Gasteiger charge is 2.12. The molecule has 2 aromatic carbocycles. The van der Waals surface area contributed by atoms with E-state index >= 15 is 0 Å². The van der Waals surface area contributed by atoms with Gasteiger partial charge in [-0.15, -0.1) is 15.0 Å². The second kappa shape index (κ2) is 5.40. The molecular weight excluding hydrogens is 262 g/mol. The number of phenols is 1. The molecule has 1 aromatic heterocycles. The minimum atomic E-state index is 0.235. The summed E-state index contributed by atoms with van der Waals surface area (Å²) in [5, 5.41) is 19.4. The number of hydrogen-bond donors (Lipinski definition) is 1. The summed E-state index contributed by atoms with van der Waals surface area (Å²) < 4.78 is 0. The zero-order valence-corrected chi connectivity index (χ0v) is 12.1. The van der Waals surface area contributed by atoms with E-state index in [0.29, 0.717) is 12.1 Å². The number of aromatic nitrogens is 3. The zero-order valence-electron chi connectivity index (χ0n) is 12.1. The van der Waals surface area contributed by atoms with Crippen LogP contribution in [0.5, 0.6) is 5.75 Å². The lowest BCUT2D eigenvalue weighted by molar-refractivity contribution is 0.462. The molecule has 3 aromatic rings. The molecule has 0 saturated heterocycles. The van der Waals surface area contributed by atoms with E-state index in [-0.39, 0.29) is 5.75 Å². The van der Waals surface area contributed by atoms with E-state index in [1.165, 1.54) is 4.80 Å². The Morgan fingerprint density at radius 1 is 1.14 bits per heavy atom. The lowest BCUT2D eigenvalue weighted by Crippen LogP contribution is -2.01. The number of rotatable bonds is 3. The molecule has 1 N–H and O–H groups in total. The first kappa shape index (κ1) is 13.4. The molecule has 4 heteroatoms. The van der Waals surface area contributed by atoms with Crippen molar-refractivity contribution in [3.8, 4) is 11.4 Å². The Labute approximate surface area is 123 Å². The van der Waals surface area contributed by atoms with Gasteiger partial charge < -0.3 is 5.11 Å². The lowest BCUT2D eigenvalue weighted by atomic mass is 10.1. The van der Waals surface area contributed by atoms with E-state index in [0.717, 1.165) is 22.2 Å². The molecule has 4 nitrogen and oxygen atoms in total. The smallest absolute Gasteiger partial charge is 0.146 e. The summed E-state index contributed by atoms with van der Waals surface area (Å²) in [4.78, 5) is 1.51. The van der Waals surface area contributed by atoms with Crippen LogP contribution in [0, 0.1) is 6.92 Å². The number of allylic oxidation sites excluding steroid dienone is 2. The summed E-state index contributed by atoms with van der Waals surface area (Å²) in [6.45, 7) is 3.97. The van der Waals surface area contributed by atoms with Crippen molar-refractivity contribution in [2.24, 2.45) is 0 Å². The SMILES string of the molecule is CC=CCc1cc(C)cc(-n2nc3ccccc3n2)c1O. The van der Waals surface area contributed by atoms with Crippen molar-refractivity contribution in [3.63, 3.8) is 0 Å². The van der Waals surface area contributed by atoms with Gasteiger partial charge in [0.05, 0.1) is 0 Å². The maximum absolute atomic E-state index is 10.5. The fourth-order valence-electron chi connectivity index (χ4n) is 2.35. The molecule has 0 spiro atoms. The van der Waals surface area contributed by atoms with Crippen LogP contribution in [0.1, 0.15) is 18.1 Å². The Kier molecular flexibility index (Phi) is 3.44. The van der Waals surface area contributed by atoms with Crippen LogP contribution in [0.15, 0.2) is 48.6 Å². The van der Waals surface area contributed by atoms with Crippen LogP contribution in [0.25, 0.3) is 16.7 Å². The Bertz CT molecular complexity index is 785. The van der Waals surface area contributed by atoms with Crippen molar-refractivity contribution < 1.29 is 5.11 Å². The summed E-state index contributed by atoms with van der Waals surface area (Å²) in [6, 6.07) is 11.6. The number of phenolic OH excluding ortho intramolecular Hbond substituents is 1. The molecule has 3 rings (SSSR count). The molecule has 0 aliphatic heterocycles. The third-order valence-electron chi connectivity index (χ3n) is 3.39. The van der Waals surface area contributed by atoms with Gasteiger partial charge >= 0.3 is 0 Å². The largest absolute Gasteiger partial charge is 0.505 e. The van der Waals surface area contributed by atoms with E-state index in [1.807, 2.05) is 62.4 Å². The average Bonchev–Trinajstić information content (AvgIpc) is 2.91. The van der Waals surface area contributed by atoms with Gasteiger partial charge in [-0.25, -0.2) is 0 Å². The van der Waals surface area contributed by atoms with Crippen molar-refractivity contribution >= 4 is 11.0 Å². The topological polar surface area (TPSA) is 50.9 Å². The second-order valence-electron chi connectivity index (χ2n) is 5.04. The number of aryl methyl sites for hydroxylation is 1. The third-order valence-corrected chi connectivity index (χ3v) is 3.39. The maximum atomic E-state index is 10.5. The minimum Gasteiger partial charge on any atom is -0.505 e. The van der Waals surface area contributed by atoms with Gasteiger partial charge in [0.1, 0.15) is 22.5 Å². The fourth-order valence-corrected chi connectivity index (χ4v) is 2.35. The standard InChI is InChI=1S/C17H17N3O/c1-3-4-7-13-10-12(2)11-16(17(13)21)20-18-14-8-5-6-9-15(14)19-20/h3-6,8-11,21H,7H2,1-2H3. The highest BCUT2D eigenvalue weighted by Crippen LogP contribution is 2.28. The molecule has 21 heavy (non-hydrogen) atoms. The predicted molar refractivity (Wildman–Crippen MR) is 83.8 cm³/mol. The molecule has 0 unspecified atom stereocenters. The van der Waals surface area contributed by atoms with Crippen molar-refractivity contribution in [1.29, 1.82) is 0 Å². The summed E-state index contributed by atoms with van der Waals surface area (Å²) in [7, 11) is 0. The molecule has 0 saturated carbocycles. The van der Waals surface area contributed by atoms with Crippen molar-refractivity contribution in [1.82, 2.24) is 15.0 Å². The second-order valence-corrected chi connectivity index (χ2v) is 5.04. The van der Waals surface area contributed by atoms with Crippen molar-refractivity contribution in [2.75, 3.05) is 0 Å². The Morgan fingerprint density at radius 3 is 2.43 bits per heavy atom. The van der Waals surface area contributed by atoms with Crippen LogP contribution in [0.2, 0.25) is 0 Å². The van der Waals surface area contributed by atoms with Crippen molar-refractivity contribution in [2.45, 2.75) is 20.3 Å². The van der Waals surface area contributed by atoms with Gasteiger partial charge in [-0.2, -0.15) is 0 Å². The van der Waals surface area contributed by atoms with Gasteiger partial charge in [-0.05, 0) is 44.0 Å². The first-order valence-electron chi connectivity index (χ1n) is 6.95. The Balaban J connectivity index is 2.14. The third kappa shape index (κ3) is 2.52. The van der Waals surface area contributed by atoms with Crippen LogP contribution in [0.3, 0.4) is 0 Å². The van der Waals surface area contributed by atoms with Gasteiger partial charge in [-0.1, -0.05) is 30.4 Å². The summed E-state index contributed by atoms with van der Waals surface area (Å²) in [6.07, 6.45) is 4.69. The van der Waals surface area contributed by atoms with E-state index in [4.69, 9.17) is 0 Å². The van der Waals surface area contributed by atoms with Gasteiger partial charge in [0.15, 0.2) is 0 Å². The summed E-state index contributed by atoms with van der Waals surface area (Å²) in [5.74, 6) is 0.235. The highest BCUT2D eigenvalue weighted by atomic mass is 16.3. The van der Waals surface area contributed by atoms with Crippen LogP contribution in [-0.4, -0.2) is 20.1 Å². The van der Waals surface area contributed by atoms with Gasteiger partial charge in [-0.3, -0.25) is 0 Å². The molecule has 0 aliphatic carbocycles. The summed E-state index contributed by atoms with van der Waals surface area (Å²) in [5.41, 5.74) is 4.20. The average molecular weight is 279 g/mol. The lowest BCUT2D eigenvalue weighted by Gasteiger charge is -2.09. The molecular formula is C17H17N3O. The Hall–Kier alpha value is -2.62. The molecule has 1 heterocycles. The highest BCUT2D eigenvalue weighted by molar-refractivity contribution is 5.73.